The van der Waals surface area contributed by atoms with Crippen molar-refractivity contribution in [2.75, 3.05) is 32.8 Å². The minimum Gasteiger partial charge on any atom is -0.447 e. The zero-order valence-electron chi connectivity index (χ0n) is 16.7. The Kier molecular flexibility index (Phi) is 4.55. The number of nitrogens with zero attached hydrogens (tertiary/aromatic N) is 2. The number of amides is 3. The van der Waals surface area contributed by atoms with Crippen LogP contribution in [0, 0.1) is 16.1 Å². The van der Waals surface area contributed by atoms with Gasteiger partial charge in [0.15, 0.2) is 0 Å². The van der Waals surface area contributed by atoms with Crippen molar-refractivity contribution in [3.63, 3.8) is 0 Å². The fourth-order valence-corrected chi connectivity index (χ4v) is 6.17. The van der Waals surface area contributed by atoms with Crippen LogP contribution in [0.5, 0.6) is 0 Å². The summed E-state index contributed by atoms with van der Waals surface area (Å²) in [7, 11) is -2.51. The van der Waals surface area contributed by atoms with E-state index in [-0.39, 0.29) is 16.3 Å². The standard InChI is InChI=1S/C20H23F3N4O3S/c21-20(22,23)31(24)15-3-1-2-13(5-15)4-14-6-18(7-14)8-26(9-18)17(29)27-10-19(11-27)12-30-16(28)25-19/h1-3,5,14,24H,4,6-12H2,(H,25,28). The van der Waals surface area contributed by atoms with Gasteiger partial charge in [-0.25, -0.2) is 9.59 Å². The number of carbonyl (C=O) groups excluding carboxylic acids is 2. The largest absolute Gasteiger partial charge is 0.456 e. The van der Waals surface area contributed by atoms with Crippen molar-refractivity contribution >= 4 is 22.8 Å². The van der Waals surface area contributed by atoms with Gasteiger partial charge in [-0.2, -0.15) is 13.2 Å². The second-order valence-corrected chi connectivity index (χ2v) is 10.9. The molecule has 0 aromatic heterocycles. The Balaban J connectivity index is 1.08. The lowest BCUT2D eigenvalue weighted by atomic mass is 9.56. The third-order valence-electron chi connectivity index (χ3n) is 6.76. The minimum absolute atomic E-state index is 0.00984. The van der Waals surface area contributed by atoms with E-state index in [9.17, 15) is 22.8 Å². The lowest BCUT2D eigenvalue weighted by Gasteiger charge is -2.61. The van der Waals surface area contributed by atoms with Crippen molar-refractivity contribution in [2.45, 2.75) is 35.2 Å². The Morgan fingerprint density at radius 2 is 1.90 bits per heavy atom. The minimum atomic E-state index is -4.53. The molecule has 3 saturated heterocycles. The molecule has 1 atom stereocenters. The van der Waals surface area contributed by atoms with Gasteiger partial charge >= 0.3 is 17.6 Å². The summed E-state index contributed by atoms with van der Waals surface area (Å²) >= 11 is 0. The second-order valence-electron chi connectivity index (χ2n) is 9.35. The molecule has 7 nitrogen and oxygen atoms in total. The van der Waals surface area contributed by atoms with Crippen LogP contribution in [0.2, 0.25) is 0 Å². The summed E-state index contributed by atoms with van der Waals surface area (Å²) in [5, 5.41) is 2.77. The molecule has 4 fully saturated rings. The highest BCUT2D eigenvalue weighted by Crippen LogP contribution is 2.53. The van der Waals surface area contributed by atoms with Crippen LogP contribution in [0.3, 0.4) is 0 Å². The molecule has 168 valence electrons. The molecular formula is C20H23F3N4O3S. The van der Waals surface area contributed by atoms with Crippen LogP contribution in [-0.2, 0) is 21.8 Å². The number of nitrogens with one attached hydrogen (secondary N) is 2. The van der Waals surface area contributed by atoms with Crippen molar-refractivity contribution in [1.82, 2.24) is 15.1 Å². The maximum Gasteiger partial charge on any atom is 0.456 e. The molecule has 5 rings (SSSR count). The summed E-state index contributed by atoms with van der Waals surface area (Å²) in [4.78, 5) is 27.4. The Hall–Kier alpha value is -2.30. The van der Waals surface area contributed by atoms with Gasteiger partial charge in [-0.15, -0.1) is 0 Å². The predicted octanol–water partition coefficient (Wildman–Crippen LogP) is 3.11. The number of alkyl halides is 3. The summed E-state index contributed by atoms with van der Waals surface area (Å²) < 4.78 is 50.8. The van der Waals surface area contributed by atoms with Crippen molar-refractivity contribution in [3.05, 3.63) is 29.8 Å². The Morgan fingerprint density at radius 1 is 1.23 bits per heavy atom. The van der Waals surface area contributed by atoms with Gasteiger partial charge < -0.3 is 19.9 Å². The predicted molar refractivity (Wildman–Crippen MR) is 105 cm³/mol. The number of cyclic esters (lactones) is 1. The Labute approximate surface area is 179 Å². The number of likely N-dealkylation sites (tertiary alicyclic amines) is 2. The van der Waals surface area contributed by atoms with Crippen LogP contribution in [0.25, 0.3) is 0 Å². The van der Waals surface area contributed by atoms with E-state index in [0.717, 1.165) is 18.4 Å². The molecule has 2 N–H and O–H groups in total. The molecule has 2 spiro atoms. The summed E-state index contributed by atoms with van der Waals surface area (Å²) in [6, 6.07) is 6.29. The van der Waals surface area contributed by atoms with Crippen LogP contribution in [0.4, 0.5) is 22.8 Å². The molecule has 3 amide bonds. The van der Waals surface area contributed by atoms with Gasteiger partial charge in [0, 0.05) is 34.1 Å². The summed E-state index contributed by atoms with van der Waals surface area (Å²) in [6.45, 7) is 2.65. The van der Waals surface area contributed by atoms with E-state index in [1.54, 1.807) is 11.0 Å². The third-order valence-corrected chi connectivity index (χ3v) is 7.95. The number of alkyl carbamates (subject to hydrolysis) is 1. The summed E-state index contributed by atoms with van der Waals surface area (Å²) in [6.07, 6.45) is 2.19. The van der Waals surface area contributed by atoms with Gasteiger partial charge in [-0.05, 0) is 42.9 Å². The number of hydrogen-bond donors (Lipinski definition) is 2. The average molecular weight is 456 g/mol. The van der Waals surface area contributed by atoms with E-state index in [1.165, 1.54) is 12.1 Å². The Bertz CT molecular complexity index is 949. The van der Waals surface area contributed by atoms with E-state index in [2.05, 4.69) is 5.32 Å². The van der Waals surface area contributed by atoms with Crippen LogP contribution >= 0.6 is 0 Å². The first-order valence-electron chi connectivity index (χ1n) is 10.2. The van der Waals surface area contributed by atoms with E-state index < -0.39 is 27.8 Å². The lowest BCUT2D eigenvalue weighted by Crippen LogP contribution is -2.74. The van der Waals surface area contributed by atoms with Crippen molar-refractivity contribution < 1.29 is 27.5 Å². The van der Waals surface area contributed by atoms with Crippen molar-refractivity contribution in [1.29, 1.82) is 4.78 Å². The maximum absolute atomic E-state index is 12.8. The zero-order valence-corrected chi connectivity index (χ0v) is 17.5. The molecule has 1 aliphatic carbocycles. The first-order chi connectivity index (χ1) is 14.6. The topological polar surface area (TPSA) is 85.7 Å². The van der Waals surface area contributed by atoms with Gasteiger partial charge in [-0.1, -0.05) is 12.1 Å². The molecular weight excluding hydrogens is 433 g/mol. The highest BCUT2D eigenvalue weighted by molar-refractivity contribution is 7.87. The van der Waals surface area contributed by atoms with Crippen LogP contribution < -0.4 is 5.32 Å². The third kappa shape index (κ3) is 3.66. The van der Waals surface area contributed by atoms with E-state index in [4.69, 9.17) is 9.52 Å². The average Bonchev–Trinajstić information content (AvgIpc) is 3.02. The zero-order chi connectivity index (χ0) is 22.0. The number of benzene rings is 1. The molecule has 0 bridgehead atoms. The Morgan fingerprint density at radius 3 is 2.52 bits per heavy atom. The first-order valence-corrected chi connectivity index (χ1v) is 11.4. The summed E-state index contributed by atoms with van der Waals surface area (Å²) in [5.74, 6) is 0.393. The fourth-order valence-electron chi connectivity index (χ4n) is 5.41. The first kappa shape index (κ1) is 20.6. The number of carbonyl (C=O) groups is 2. The highest BCUT2D eigenvalue weighted by atomic mass is 32.2. The number of hydrogen-bond acceptors (Lipinski definition) is 4. The smallest absolute Gasteiger partial charge is 0.447 e. The fraction of sp³-hybridized carbons (Fsp3) is 0.600. The number of halogens is 3. The van der Waals surface area contributed by atoms with E-state index in [0.29, 0.717) is 45.1 Å². The molecule has 1 aromatic carbocycles. The quantitative estimate of drug-likeness (QED) is 0.733. The van der Waals surface area contributed by atoms with Crippen LogP contribution in [0.15, 0.2) is 29.2 Å². The van der Waals surface area contributed by atoms with Gasteiger partial charge in [0.25, 0.3) is 0 Å². The molecule has 4 aliphatic rings. The maximum atomic E-state index is 12.8. The highest BCUT2D eigenvalue weighted by Gasteiger charge is 2.57. The van der Waals surface area contributed by atoms with Crippen molar-refractivity contribution in [3.8, 4) is 0 Å². The molecule has 1 saturated carbocycles. The van der Waals surface area contributed by atoms with E-state index >= 15 is 0 Å². The van der Waals surface area contributed by atoms with Crippen molar-refractivity contribution in [2.24, 2.45) is 11.3 Å². The molecule has 3 aliphatic heterocycles. The number of ether oxygens (including phenoxy) is 1. The van der Waals surface area contributed by atoms with Crippen LogP contribution in [-0.4, -0.2) is 65.8 Å². The van der Waals surface area contributed by atoms with Crippen LogP contribution in [0.1, 0.15) is 18.4 Å². The number of urea groups is 1. The van der Waals surface area contributed by atoms with Gasteiger partial charge in [0.05, 0.1) is 13.1 Å². The monoisotopic (exact) mass is 456 g/mol. The van der Waals surface area contributed by atoms with Gasteiger partial charge in [-0.3, -0.25) is 4.78 Å². The molecule has 0 radical (unpaired) electrons. The molecule has 1 aromatic rings. The van der Waals surface area contributed by atoms with Gasteiger partial charge in [0.2, 0.25) is 0 Å². The molecule has 11 heteroatoms. The summed E-state index contributed by atoms with van der Waals surface area (Å²) in [5.41, 5.74) is -3.98. The van der Waals surface area contributed by atoms with Gasteiger partial charge in [0.1, 0.15) is 12.1 Å². The molecule has 31 heavy (non-hydrogen) atoms. The lowest BCUT2D eigenvalue weighted by molar-refractivity contribution is -0.0827. The molecule has 1 unspecified atom stereocenters. The second kappa shape index (κ2) is 6.85. The normalized spacial score (nSPS) is 24.8. The number of rotatable bonds is 3. The van der Waals surface area contributed by atoms with E-state index in [1.807, 2.05) is 11.0 Å². The SMILES string of the molecule is N=S(c1cccc(CC2CC3(C2)CN(C(=O)N2CC4(COC(=O)N4)C2)C3)c1)C(F)(F)F. The molecule has 3 heterocycles.